The lowest BCUT2D eigenvalue weighted by Crippen LogP contribution is -2.49. The first-order valence-corrected chi connectivity index (χ1v) is 6.61. The van der Waals surface area contributed by atoms with Gasteiger partial charge in [-0.25, -0.2) is 0 Å². The third-order valence-corrected chi connectivity index (χ3v) is 3.19. The van der Waals surface area contributed by atoms with E-state index < -0.39 is 0 Å². The van der Waals surface area contributed by atoms with E-state index in [1.165, 1.54) is 0 Å². The Morgan fingerprint density at radius 3 is 2.16 bits per heavy atom. The fraction of sp³-hybridized carbons (Fsp3) is 0.562. The van der Waals surface area contributed by atoms with Crippen LogP contribution >= 0.6 is 0 Å². The Kier molecular flexibility index (Phi) is 3.99. The lowest BCUT2D eigenvalue weighted by molar-refractivity contribution is -0.130. The third-order valence-electron chi connectivity index (χ3n) is 3.19. The second-order valence-corrected chi connectivity index (χ2v) is 7.05. The van der Waals surface area contributed by atoms with Crippen molar-refractivity contribution < 1.29 is 4.79 Å². The fourth-order valence-electron chi connectivity index (χ4n) is 1.81. The summed E-state index contributed by atoms with van der Waals surface area (Å²) in [6.07, 6.45) is 5.40. The molecule has 3 heteroatoms. The van der Waals surface area contributed by atoms with E-state index >= 15 is 0 Å². The summed E-state index contributed by atoms with van der Waals surface area (Å²) in [7, 11) is 1.95. The zero-order valence-corrected chi connectivity index (χ0v) is 13.2. The summed E-state index contributed by atoms with van der Waals surface area (Å²) in [5, 5.41) is 0. The Morgan fingerprint density at radius 2 is 1.74 bits per heavy atom. The maximum atomic E-state index is 12.2. The monoisotopic (exact) mass is 262 g/mol. The molecule has 3 nitrogen and oxygen atoms in total. The molecule has 0 atom stereocenters. The van der Waals surface area contributed by atoms with Crippen LogP contribution in [0.1, 0.15) is 41.5 Å². The van der Waals surface area contributed by atoms with Gasteiger partial charge in [-0.1, -0.05) is 27.4 Å². The van der Waals surface area contributed by atoms with Crippen molar-refractivity contribution in [2.45, 2.75) is 47.1 Å². The Morgan fingerprint density at radius 1 is 1.21 bits per heavy atom. The smallest absolute Gasteiger partial charge is 0.254 e. The molecule has 0 fully saturated rings. The van der Waals surface area contributed by atoms with E-state index in [0.717, 1.165) is 11.4 Å². The highest BCUT2D eigenvalue weighted by molar-refractivity contribution is 5.90. The van der Waals surface area contributed by atoms with E-state index in [2.05, 4.69) is 27.4 Å². The Hall–Kier alpha value is -1.51. The van der Waals surface area contributed by atoms with Gasteiger partial charge in [-0.05, 0) is 37.8 Å². The number of hydrogen-bond donors (Lipinski definition) is 0. The molecular formula is C16H26N2O. The number of rotatable bonds is 1. The van der Waals surface area contributed by atoms with Crippen LogP contribution in [0.2, 0.25) is 0 Å². The predicted octanol–water partition coefficient (Wildman–Crippen LogP) is 3.52. The lowest BCUT2D eigenvalue weighted by Gasteiger charge is -2.42. The Labute approximate surface area is 117 Å². The molecule has 0 aliphatic carbocycles. The third kappa shape index (κ3) is 3.49. The molecule has 1 aliphatic rings. The van der Waals surface area contributed by atoms with E-state index in [-0.39, 0.29) is 16.9 Å². The van der Waals surface area contributed by atoms with Gasteiger partial charge in [0.15, 0.2) is 0 Å². The van der Waals surface area contributed by atoms with Gasteiger partial charge in [0.1, 0.15) is 5.82 Å². The van der Waals surface area contributed by atoms with Crippen molar-refractivity contribution >= 4 is 5.91 Å². The second-order valence-electron chi connectivity index (χ2n) is 7.05. The summed E-state index contributed by atoms with van der Waals surface area (Å²) in [4.78, 5) is 15.9. The normalized spacial score (nSPS) is 19.3. The van der Waals surface area contributed by atoms with Crippen LogP contribution in [0.15, 0.2) is 36.3 Å². The van der Waals surface area contributed by atoms with Crippen molar-refractivity contribution in [3.8, 4) is 0 Å². The van der Waals surface area contributed by atoms with Gasteiger partial charge in [-0.2, -0.15) is 0 Å². The standard InChI is InChI=1S/C16H26N2O/c1-12(15(2,3)4)11-13-17(8)10-9-14(19)18(13)16(5,6)7/h9-11H,1H2,2-8H3/b13-11+. The quantitative estimate of drug-likeness (QED) is 0.722. The summed E-state index contributed by atoms with van der Waals surface area (Å²) in [5.74, 6) is 0.887. The van der Waals surface area contributed by atoms with Gasteiger partial charge in [0.05, 0.1) is 0 Å². The molecule has 0 aromatic carbocycles. The van der Waals surface area contributed by atoms with Crippen LogP contribution in [-0.4, -0.2) is 28.3 Å². The number of nitrogens with zero attached hydrogens (tertiary/aromatic N) is 2. The predicted molar refractivity (Wildman–Crippen MR) is 80.2 cm³/mol. The van der Waals surface area contributed by atoms with Gasteiger partial charge in [-0.3, -0.25) is 9.69 Å². The van der Waals surface area contributed by atoms with Crippen LogP contribution in [0, 0.1) is 5.41 Å². The Bertz CT molecular complexity index is 444. The number of carbonyl (C=O) groups excluding carboxylic acids is 1. The SMILES string of the molecule is C=C(/C=C1\N(C)C=CC(=O)N1C(C)(C)C)C(C)(C)C. The number of allylic oxidation sites excluding steroid dienone is 2. The Balaban J connectivity index is 3.28. The van der Waals surface area contributed by atoms with Crippen LogP contribution in [0.4, 0.5) is 0 Å². The molecule has 1 heterocycles. The topological polar surface area (TPSA) is 23.6 Å². The van der Waals surface area contributed by atoms with Crippen LogP contribution in [0.3, 0.4) is 0 Å². The molecule has 0 N–H and O–H groups in total. The average molecular weight is 262 g/mol. The molecule has 0 aromatic heterocycles. The molecule has 0 radical (unpaired) electrons. The second kappa shape index (κ2) is 4.87. The molecule has 106 valence electrons. The molecular weight excluding hydrogens is 236 g/mol. The highest BCUT2D eigenvalue weighted by atomic mass is 16.2. The molecule has 0 saturated carbocycles. The first-order chi connectivity index (χ1) is 8.44. The van der Waals surface area contributed by atoms with Crippen molar-refractivity contribution in [1.29, 1.82) is 0 Å². The largest absolute Gasteiger partial charge is 0.337 e. The molecule has 0 saturated heterocycles. The number of carbonyl (C=O) groups is 1. The van der Waals surface area contributed by atoms with Crippen molar-refractivity contribution in [1.82, 2.24) is 9.80 Å². The molecule has 1 amide bonds. The van der Waals surface area contributed by atoms with Gasteiger partial charge in [0, 0.05) is 24.9 Å². The minimum atomic E-state index is -0.264. The molecule has 0 bridgehead atoms. The van der Waals surface area contributed by atoms with Crippen molar-refractivity contribution in [3.63, 3.8) is 0 Å². The van der Waals surface area contributed by atoms with Crippen molar-refractivity contribution in [3.05, 3.63) is 36.3 Å². The lowest BCUT2D eigenvalue weighted by atomic mass is 9.87. The van der Waals surface area contributed by atoms with Crippen LogP contribution < -0.4 is 0 Å². The van der Waals surface area contributed by atoms with E-state index in [0.29, 0.717) is 0 Å². The van der Waals surface area contributed by atoms with Crippen molar-refractivity contribution in [2.75, 3.05) is 7.05 Å². The number of amides is 1. The van der Waals surface area contributed by atoms with Gasteiger partial charge < -0.3 is 4.90 Å². The molecule has 0 unspecified atom stereocenters. The minimum absolute atomic E-state index is 0.0123. The van der Waals surface area contributed by atoms with Crippen LogP contribution in [0.5, 0.6) is 0 Å². The van der Waals surface area contributed by atoms with Crippen LogP contribution in [0.25, 0.3) is 0 Å². The fourth-order valence-corrected chi connectivity index (χ4v) is 1.81. The van der Waals surface area contributed by atoms with E-state index in [4.69, 9.17) is 0 Å². The highest BCUT2D eigenvalue weighted by Crippen LogP contribution is 2.31. The molecule has 1 aliphatic heterocycles. The van der Waals surface area contributed by atoms with E-state index in [1.807, 2.05) is 43.7 Å². The number of hydrogen-bond acceptors (Lipinski definition) is 2. The van der Waals surface area contributed by atoms with Gasteiger partial charge in [-0.15, -0.1) is 0 Å². The van der Waals surface area contributed by atoms with E-state index in [9.17, 15) is 4.79 Å². The molecule has 0 aromatic rings. The van der Waals surface area contributed by atoms with Gasteiger partial charge >= 0.3 is 0 Å². The maximum absolute atomic E-state index is 12.2. The van der Waals surface area contributed by atoms with Crippen molar-refractivity contribution in [2.24, 2.45) is 5.41 Å². The van der Waals surface area contributed by atoms with Gasteiger partial charge in [0.2, 0.25) is 0 Å². The summed E-state index contributed by atoms with van der Waals surface area (Å²) < 4.78 is 0. The zero-order valence-electron chi connectivity index (χ0n) is 13.2. The summed E-state index contributed by atoms with van der Waals surface area (Å²) in [5.41, 5.74) is 0.730. The first kappa shape index (κ1) is 15.5. The molecule has 1 rings (SSSR count). The summed E-state index contributed by atoms with van der Waals surface area (Å²) >= 11 is 0. The first-order valence-electron chi connectivity index (χ1n) is 6.61. The van der Waals surface area contributed by atoms with Crippen LogP contribution in [-0.2, 0) is 4.79 Å². The highest BCUT2D eigenvalue weighted by Gasteiger charge is 2.32. The summed E-state index contributed by atoms with van der Waals surface area (Å²) in [6, 6.07) is 0. The van der Waals surface area contributed by atoms with E-state index in [1.54, 1.807) is 12.3 Å². The summed E-state index contributed by atoms with van der Waals surface area (Å²) in [6.45, 7) is 16.6. The molecule has 0 spiro atoms. The molecule has 19 heavy (non-hydrogen) atoms. The zero-order chi connectivity index (χ0) is 15.0. The van der Waals surface area contributed by atoms with Gasteiger partial charge in [0.25, 0.3) is 5.91 Å². The minimum Gasteiger partial charge on any atom is -0.337 e. The maximum Gasteiger partial charge on any atom is 0.254 e. The average Bonchev–Trinajstić information content (AvgIpc) is 2.20.